The summed E-state index contributed by atoms with van der Waals surface area (Å²) in [6, 6.07) is 0. The molecule has 170 valence electrons. The maximum absolute atomic E-state index is 9.00. The van der Waals surface area contributed by atoms with Crippen LogP contribution in [0.4, 0.5) is 0 Å². The molecule has 1 heterocycles. The molecule has 1 saturated heterocycles. The van der Waals surface area contributed by atoms with Gasteiger partial charge in [0.2, 0.25) is 0 Å². The molecule has 0 radical (unpaired) electrons. The summed E-state index contributed by atoms with van der Waals surface area (Å²) in [6.07, 6.45) is 3.18. The minimum atomic E-state index is -0.833. The van der Waals surface area contributed by atoms with Crippen molar-refractivity contribution in [2.24, 2.45) is 5.73 Å². The fraction of sp³-hybridized carbons (Fsp3) is 0.895. The summed E-state index contributed by atoms with van der Waals surface area (Å²) >= 11 is 0. The largest absolute Gasteiger partial charge is 0.481 e. The van der Waals surface area contributed by atoms with Gasteiger partial charge in [-0.2, -0.15) is 0 Å². The zero-order valence-corrected chi connectivity index (χ0v) is 17.5. The molecule has 0 amide bonds. The lowest BCUT2D eigenvalue weighted by Crippen LogP contribution is -2.50. The van der Waals surface area contributed by atoms with Crippen LogP contribution in [0.5, 0.6) is 0 Å². The van der Waals surface area contributed by atoms with Gasteiger partial charge < -0.3 is 39.3 Å². The molecule has 0 aromatic rings. The summed E-state index contributed by atoms with van der Waals surface area (Å²) in [4.78, 5) is 9.00. The zero-order chi connectivity index (χ0) is 21.5. The van der Waals surface area contributed by atoms with E-state index in [2.05, 4.69) is 0 Å². The van der Waals surface area contributed by atoms with Gasteiger partial charge in [-0.25, -0.2) is 0 Å². The normalized spacial score (nSPS) is 27.0. The first-order valence-electron chi connectivity index (χ1n) is 9.95. The predicted molar refractivity (Wildman–Crippen MR) is 105 cm³/mol. The van der Waals surface area contributed by atoms with Crippen LogP contribution in [0.15, 0.2) is 0 Å². The van der Waals surface area contributed by atoms with Crippen molar-refractivity contribution in [2.75, 3.05) is 60.0 Å². The molecule has 10 heteroatoms. The van der Waals surface area contributed by atoms with Crippen LogP contribution < -0.4 is 5.73 Å². The fourth-order valence-corrected chi connectivity index (χ4v) is 3.13. The summed E-state index contributed by atoms with van der Waals surface area (Å²) in [7, 11) is 1.64. The van der Waals surface area contributed by atoms with Crippen molar-refractivity contribution in [3.05, 3.63) is 0 Å². The molecular weight excluding hydrogens is 384 g/mol. The smallest absolute Gasteiger partial charge is 0.300 e. The molecule has 0 aromatic carbocycles. The molecule has 1 aliphatic heterocycles. The third-order valence-electron chi connectivity index (χ3n) is 4.67. The van der Waals surface area contributed by atoms with E-state index in [1.807, 2.05) is 0 Å². The zero-order valence-electron chi connectivity index (χ0n) is 17.5. The molecule has 10 nitrogen and oxygen atoms in total. The quantitative estimate of drug-likeness (QED) is 0.251. The minimum absolute atomic E-state index is 0.0220. The number of carbonyl (C=O) groups is 1. The van der Waals surface area contributed by atoms with Crippen molar-refractivity contribution in [1.82, 2.24) is 0 Å². The Balaban J connectivity index is 0.000000960. The number of rotatable bonds is 11. The van der Waals surface area contributed by atoms with Crippen LogP contribution in [0.1, 0.15) is 32.6 Å². The third kappa shape index (κ3) is 10.9. The van der Waals surface area contributed by atoms with Gasteiger partial charge in [0, 0.05) is 14.0 Å². The van der Waals surface area contributed by atoms with Crippen LogP contribution in [0.2, 0.25) is 0 Å². The van der Waals surface area contributed by atoms with E-state index in [4.69, 9.17) is 49.5 Å². The molecule has 1 aliphatic carbocycles. The van der Waals surface area contributed by atoms with E-state index >= 15 is 0 Å². The summed E-state index contributed by atoms with van der Waals surface area (Å²) in [5.74, 6) is -0.744. The Hall–Kier alpha value is -1.30. The number of nitrogens with one attached hydrogen (secondary N) is 1. The molecule has 2 aliphatic rings. The lowest BCUT2D eigenvalue weighted by Gasteiger charge is -2.39. The number of ether oxygens (including phenoxy) is 6. The van der Waals surface area contributed by atoms with Gasteiger partial charge in [-0.3, -0.25) is 10.2 Å². The predicted octanol–water partition coefficient (Wildman–Crippen LogP) is 0.806. The average molecular weight is 421 g/mol. The number of hydrogen-bond acceptors (Lipinski definition) is 8. The first kappa shape index (κ1) is 25.7. The summed E-state index contributed by atoms with van der Waals surface area (Å²) in [5, 5.41) is 15.3. The Labute approximate surface area is 172 Å². The Morgan fingerprint density at radius 1 is 1.21 bits per heavy atom. The van der Waals surface area contributed by atoms with E-state index in [-0.39, 0.29) is 18.0 Å². The van der Waals surface area contributed by atoms with Crippen LogP contribution in [0.3, 0.4) is 0 Å². The summed E-state index contributed by atoms with van der Waals surface area (Å²) < 4.78 is 33.2. The Bertz CT molecular complexity index is 459. The SMILES string of the molecule is CC(=O)O.COCCOCCOC1(C(=N)N)CCC(OCC2COCCO2)CC1. The third-order valence-corrected chi connectivity index (χ3v) is 4.67. The molecule has 0 bridgehead atoms. The van der Waals surface area contributed by atoms with Crippen molar-refractivity contribution < 1.29 is 38.3 Å². The van der Waals surface area contributed by atoms with Crippen LogP contribution >= 0.6 is 0 Å². The molecule has 1 saturated carbocycles. The molecule has 4 N–H and O–H groups in total. The van der Waals surface area contributed by atoms with E-state index in [0.717, 1.165) is 19.8 Å². The van der Waals surface area contributed by atoms with E-state index in [1.54, 1.807) is 7.11 Å². The first-order chi connectivity index (χ1) is 13.9. The van der Waals surface area contributed by atoms with Crippen molar-refractivity contribution >= 4 is 11.8 Å². The van der Waals surface area contributed by atoms with Crippen molar-refractivity contribution in [3.8, 4) is 0 Å². The number of carboxylic acids is 1. The number of aliphatic carboxylic acids is 1. The highest BCUT2D eigenvalue weighted by molar-refractivity contribution is 5.86. The van der Waals surface area contributed by atoms with Crippen LogP contribution in [0.25, 0.3) is 0 Å². The highest BCUT2D eigenvalue weighted by Crippen LogP contribution is 2.33. The standard InChI is InChI=1S/C17H32N2O6.C2H4O2/c1-20-6-7-21-9-11-25-17(16(18)19)4-2-14(3-5-17)24-13-15-12-22-8-10-23-15;1-2(3)4/h14-15H,2-13H2,1H3,(H3,18,19);1H3,(H,3,4). The summed E-state index contributed by atoms with van der Waals surface area (Å²) in [6.45, 7) is 5.50. The van der Waals surface area contributed by atoms with E-state index in [1.165, 1.54) is 0 Å². The maximum atomic E-state index is 9.00. The van der Waals surface area contributed by atoms with Crippen LogP contribution in [-0.2, 0) is 33.2 Å². The number of nitrogens with two attached hydrogens (primary N) is 1. The number of hydrogen-bond donors (Lipinski definition) is 3. The minimum Gasteiger partial charge on any atom is -0.481 e. The maximum Gasteiger partial charge on any atom is 0.300 e. The fourth-order valence-electron chi connectivity index (χ4n) is 3.13. The lowest BCUT2D eigenvalue weighted by molar-refractivity contribution is -0.135. The molecular formula is C19H36N2O8. The average Bonchev–Trinajstić information content (AvgIpc) is 2.70. The van der Waals surface area contributed by atoms with E-state index < -0.39 is 11.6 Å². The van der Waals surface area contributed by atoms with Gasteiger partial charge in [0.25, 0.3) is 5.97 Å². The van der Waals surface area contributed by atoms with Gasteiger partial charge in [0.1, 0.15) is 17.5 Å². The van der Waals surface area contributed by atoms with Gasteiger partial charge in [0.15, 0.2) is 0 Å². The van der Waals surface area contributed by atoms with Gasteiger partial charge in [-0.1, -0.05) is 0 Å². The Morgan fingerprint density at radius 2 is 1.86 bits per heavy atom. The first-order valence-corrected chi connectivity index (χ1v) is 9.95. The molecule has 0 aromatic heterocycles. The van der Waals surface area contributed by atoms with Crippen LogP contribution in [0, 0.1) is 5.41 Å². The van der Waals surface area contributed by atoms with E-state index in [9.17, 15) is 0 Å². The van der Waals surface area contributed by atoms with Crippen LogP contribution in [-0.4, -0.2) is 94.7 Å². The molecule has 1 atom stereocenters. The van der Waals surface area contributed by atoms with E-state index in [0.29, 0.717) is 65.7 Å². The van der Waals surface area contributed by atoms with Gasteiger partial charge in [0.05, 0.1) is 59.0 Å². The number of amidine groups is 1. The Kier molecular flexibility index (Phi) is 13.0. The van der Waals surface area contributed by atoms with Gasteiger partial charge in [-0.15, -0.1) is 0 Å². The number of carboxylic acid groups (broad SMARTS) is 1. The molecule has 2 fully saturated rings. The molecule has 1 unspecified atom stereocenters. The topological polar surface area (TPSA) is 143 Å². The molecule has 29 heavy (non-hydrogen) atoms. The highest BCUT2D eigenvalue weighted by Gasteiger charge is 2.39. The van der Waals surface area contributed by atoms with Crippen molar-refractivity contribution in [2.45, 2.75) is 50.4 Å². The second-order valence-corrected chi connectivity index (χ2v) is 6.98. The lowest BCUT2D eigenvalue weighted by atomic mass is 9.82. The second-order valence-electron chi connectivity index (χ2n) is 6.98. The molecule has 0 spiro atoms. The Morgan fingerprint density at radius 3 is 2.41 bits per heavy atom. The monoisotopic (exact) mass is 420 g/mol. The summed E-state index contributed by atoms with van der Waals surface area (Å²) in [5.41, 5.74) is 5.14. The highest BCUT2D eigenvalue weighted by atomic mass is 16.6. The number of methoxy groups -OCH3 is 1. The van der Waals surface area contributed by atoms with Crippen molar-refractivity contribution in [3.63, 3.8) is 0 Å². The van der Waals surface area contributed by atoms with Gasteiger partial charge >= 0.3 is 0 Å². The van der Waals surface area contributed by atoms with Gasteiger partial charge in [-0.05, 0) is 25.7 Å². The molecule has 2 rings (SSSR count). The second kappa shape index (κ2) is 14.6. The van der Waals surface area contributed by atoms with Crippen molar-refractivity contribution in [1.29, 1.82) is 5.41 Å².